The van der Waals surface area contributed by atoms with Gasteiger partial charge in [-0.2, -0.15) is 0 Å². The summed E-state index contributed by atoms with van der Waals surface area (Å²) in [7, 11) is 0. The van der Waals surface area contributed by atoms with E-state index in [0.29, 0.717) is 0 Å². The standard InChI is InChI=1S/2C5H10N.2BrH.Ti/c2*1-2-4-6-5-3-1;;;/h2*1-5H2;2*1H;/q2*-1;;;+2/p-2. The van der Waals surface area contributed by atoms with Crippen molar-refractivity contribution in [2.75, 3.05) is 26.2 Å². The molecule has 0 amide bonds. The minimum atomic E-state index is 0.125. The molecule has 0 aromatic rings. The Balaban J connectivity index is 0.000000210. The van der Waals surface area contributed by atoms with Crippen LogP contribution >= 0.6 is 26.3 Å². The van der Waals surface area contributed by atoms with Crippen molar-refractivity contribution in [3.8, 4) is 0 Å². The van der Waals surface area contributed by atoms with E-state index >= 15 is 0 Å². The van der Waals surface area contributed by atoms with Crippen molar-refractivity contribution in [3.63, 3.8) is 0 Å². The van der Waals surface area contributed by atoms with Crippen molar-refractivity contribution < 1.29 is 15.0 Å². The fraction of sp³-hybridized carbons (Fsp3) is 1.00. The summed E-state index contributed by atoms with van der Waals surface area (Å²) in [6.07, 6.45) is 8.15. The Morgan fingerprint density at radius 3 is 0.933 bits per heavy atom. The fourth-order valence-corrected chi connectivity index (χ4v) is 1.47. The van der Waals surface area contributed by atoms with Crippen molar-refractivity contribution in [2.24, 2.45) is 0 Å². The second kappa shape index (κ2) is 15.6. The van der Waals surface area contributed by atoms with E-state index in [1.807, 2.05) is 0 Å². The quantitative estimate of drug-likeness (QED) is 0.545. The number of hydrogen-bond donors (Lipinski definition) is 0. The molecule has 90 valence electrons. The van der Waals surface area contributed by atoms with Crippen LogP contribution in [0.1, 0.15) is 38.5 Å². The molecule has 0 radical (unpaired) electrons. The van der Waals surface area contributed by atoms with Crippen LogP contribution in [-0.4, -0.2) is 26.2 Å². The van der Waals surface area contributed by atoms with E-state index in [-0.39, 0.29) is 15.0 Å². The second-order valence-electron chi connectivity index (χ2n) is 3.53. The fourth-order valence-electron chi connectivity index (χ4n) is 1.47. The molecule has 5 heteroatoms. The van der Waals surface area contributed by atoms with Gasteiger partial charge in [0.25, 0.3) is 0 Å². The number of halogens is 2. The van der Waals surface area contributed by atoms with Crippen LogP contribution in [0.4, 0.5) is 0 Å². The van der Waals surface area contributed by atoms with Gasteiger partial charge >= 0.3 is 41.3 Å². The van der Waals surface area contributed by atoms with E-state index in [4.69, 9.17) is 0 Å². The zero-order valence-electron chi connectivity index (χ0n) is 9.22. The number of hydrogen-bond acceptors (Lipinski definition) is 0. The van der Waals surface area contributed by atoms with Gasteiger partial charge < -0.3 is 10.6 Å². The summed E-state index contributed by atoms with van der Waals surface area (Å²) in [6.45, 7) is 4.50. The van der Waals surface area contributed by atoms with Crippen molar-refractivity contribution in [1.82, 2.24) is 0 Å². The Hall–Kier alpha value is 1.59. The molecular formula is C10H20Br2N2Ti-2. The summed E-state index contributed by atoms with van der Waals surface area (Å²) in [5.41, 5.74) is 0. The maximum atomic E-state index is 4.18. The topological polar surface area (TPSA) is 28.2 Å². The van der Waals surface area contributed by atoms with E-state index in [0.717, 1.165) is 26.2 Å². The first-order valence-corrected chi connectivity index (χ1v) is 13.4. The Kier molecular flexibility index (Phi) is 17.3. The van der Waals surface area contributed by atoms with Crippen LogP contribution in [0.25, 0.3) is 10.6 Å². The molecule has 2 heterocycles. The molecule has 0 saturated carbocycles. The van der Waals surface area contributed by atoms with E-state index in [1.165, 1.54) is 38.5 Å². The second-order valence-corrected chi connectivity index (χ2v) is 11.4. The van der Waals surface area contributed by atoms with E-state index in [9.17, 15) is 0 Å². The van der Waals surface area contributed by atoms with Gasteiger partial charge in [-0.3, -0.25) is 0 Å². The molecule has 2 nitrogen and oxygen atoms in total. The molecule has 0 atom stereocenters. The molecule has 2 fully saturated rings. The van der Waals surface area contributed by atoms with Crippen molar-refractivity contribution in [2.45, 2.75) is 38.5 Å². The first-order valence-electron chi connectivity index (χ1n) is 5.64. The average molecular weight is 376 g/mol. The third-order valence-electron chi connectivity index (χ3n) is 2.26. The van der Waals surface area contributed by atoms with Crippen LogP contribution in [0.5, 0.6) is 0 Å². The van der Waals surface area contributed by atoms with Gasteiger partial charge in [0.2, 0.25) is 0 Å². The molecule has 2 saturated heterocycles. The third-order valence-corrected chi connectivity index (χ3v) is 2.26. The number of rotatable bonds is 0. The number of nitrogens with zero attached hydrogens (tertiary/aromatic N) is 2. The molecule has 0 N–H and O–H groups in total. The molecule has 0 bridgehead atoms. The SMILES string of the molecule is C1CC[N-]CC1.C1CC[N-]CC1.[Br][Ti][Br]. The Labute approximate surface area is 116 Å². The van der Waals surface area contributed by atoms with Gasteiger partial charge in [0, 0.05) is 0 Å². The summed E-state index contributed by atoms with van der Waals surface area (Å²) in [5.74, 6) is 0. The van der Waals surface area contributed by atoms with Crippen molar-refractivity contribution in [1.29, 1.82) is 0 Å². The zero-order chi connectivity index (χ0) is 11.2. The normalized spacial score (nSPS) is 20.1. The summed E-state index contributed by atoms with van der Waals surface area (Å²) < 4.78 is 0. The predicted molar refractivity (Wildman–Crippen MR) is 71.7 cm³/mol. The van der Waals surface area contributed by atoms with E-state index in [2.05, 4.69) is 37.0 Å². The molecule has 2 aliphatic rings. The van der Waals surface area contributed by atoms with Gasteiger partial charge in [0.15, 0.2) is 0 Å². The minimum absolute atomic E-state index is 0.125. The molecule has 0 spiro atoms. The molecule has 0 aromatic heterocycles. The number of piperidine rings is 2. The van der Waals surface area contributed by atoms with Gasteiger partial charge in [-0.15, -0.1) is 26.2 Å². The van der Waals surface area contributed by atoms with Crippen LogP contribution in [0.3, 0.4) is 0 Å². The Morgan fingerprint density at radius 2 is 0.867 bits per heavy atom. The van der Waals surface area contributed by atoms with Gasteiger partial charge in [0.05, 0.1) is 0 Å². The summed E-state index contributed by atoms with van der Waals surface area (Å²) in [5, 5.41) is 8.35. The Bertz CT molecular complexity index is 74.6. The van der Waals surface area contributed by atoms with Crippen LogP contribution in [0, 0.1) is 0 Å². The molecule has 2 rings (SSSR count). The first-order chi connectivity index (χ1) is 7.41. The van der Waals surface area contributed by atoms with Crippen LogP contribution < -0.4 is 0 Å². The van der Waals surface area contributed by atoms with Gasteiger partial charge in [-0.25, -0.2) is 0 Å². The summed E-state index contributed by atoms with van der Waals surface area (Å²) >= 11 is 6.50. The molecular weight excluding hydrogens is 356 g/mol. The zero-order valence-corrected chi connectivity index (χ0v) is 14.0. The van der Waals surface area contributed by atoms with Crippen LogP contribution in [0.15, 0.2) is 0 Å². The maximum absolute atomic E-state index is 4.18. The molecule has 15 heavy (non-hydrogen) atoms. The third kappa shape index (κ3) is 15.6. The van der Waals surface area contributed by atoms with Gasteiger partial charge in [0.1, 0.15) is 0 Å². The average Bonchev–Trinajstić information content (AvgIpc) is 2.35. The first kappa shape index (κ1) is 16.6. The molecule has 2 aliphatic heterocycles. The van der Waals surface area contributed by atoms with Crippen LogP contribution in [-0.2, 0) is 15.0 Å². The Morgan fingerprint density at radius 1 is 0.600 bits per heavy atom. The summed E-state index contributed by atoms with van der Waals surface area (Å²) in [4.78, 5) is 0. The molecule has 0 unspecified atom stereocenters. The monoisotopic (exact) mass is 374 g/mol. The molecule has 0 aromatic carbocycles. The van der Waals surface area contributed by atoms with Crippen LogP contribution in [0.2, 0.25) is 0 Å². The van der Waals surface area contributed by atoms with Gasteiger partial charge in [-0.1, -0.05) is 38.5 Å². The predicted octanol–water partition coefficient (Wildman–Crippen LogP) is 4.78. The summed E-state index contributed by atoms with van der Waals surface area (Å²) in [6, 6.07) is 0. The van der Waals surface area contributed by atoms with Crippen molar-refractivity contribution >= 4 is 26.3 Å². The van der Waals surface area contributed by atoms with Crippen molar-refractivity contribution in [3.05, 3.63) is 10.6 Å². The molecule has 0 aliphatic carbocycles. The van der Waals surface area contributed by atoms with E-state index in [1.54, 1.807) is 0 Å². The van der Waals surface area contributed by atoms with Gasteiger partial charge in [-0.05, 0) is 0 Å². The van der Waals surface area contributed by atoms with E-state index < -0.39 is 0 Å².